The Hall–Kier alpha value is -2.54. The highest BCUT2D eigenvalue weighted by Crippen LogP contribution is 2.34. The van der Waals surface area contributed by atoms with Crippen LogP contribution in [0.1, 0.15) is 19.3 Å². The van der Waals surface area contributed by atoms with Gasteiger partial charge in [0.15, 0.2) is 5.82 Å². The molecule has 4 aromatic heterocycles. The molecule has 0 atom stereocenters. The number of piperidine rings is 1. The summed E-state index contributed by atoms with van der Waals surface area (Å²) in [5, 5.41) is 3.85. The number of hydrogen-bond donors (Lipinski definition) is 1. The van der Waals surface area contributed by atoms with Crippen LogP contribution in [0.5, 0.6) is 0 Å². The number of aromatic amines is 1. The molecule has 1 fully saturated rings. The number of fused-ring (bicyclic) bond motifs is 2. The van der Waals surface area contributed by atoms with Gasteiger partial charge in [0, 0.05) is 30.2 Å². The van der Waals surface area contributed by atoms with E-state index < -0.39 is 0 Å². The lowest BCUT2D eigenvalue weighted by Crippen LogP contribution is -2.30. The van der Waals surface area contributed by atoms with E-state index in [0.29, 0.717) is 16.9 Å². The van der Waals surface area contributed by atoms with Gasteiger partial charge in [-0.05, 0) is 36.8 Å². The summed E-state index contributed by atoms with van der Waals surface area (Å²) in [5.41, 5.74) is 1.43. The number of thiophene rings is 1. The first-order valence-corrected chi connectivity index (χ1v) is 9.31. The molecule has 0 radical (unpaired) electrons. The zero-order valence-corrected chi connectivity index (χ0v) is 14.3. The monoisotopic (exact) mass is 353 g/mol. The molecule has 25 heavy (non-hydrogen) atoms. The van der Waals surface area contributed by atoms with Gasteiger partial charge in [0.1, 0.15) is 22.1 Å². The van der Waals surface area contributed by atoms with Gasteiger partial charge in [0.05, 0.1) is 11.6 Å². The molecule has 7 heteroatoms. The van der Waals surface area contributed by atoms with Crippen LogP contribution < -0.4 is 4.90 Å². The normalized spacial score (nSPS) is 15.3. The average molecular weight is 353 g/mol. The summed E-state index contributed by atoms with van der Waals surface area (Å²) < 4.78 is 13.7. The Balaban J connectivity index is 1.71. The standard InChI is InChI=1S/C18H16FN5S/c19-11-8-13-14(10-21-15(13)20-9-11)16-22-17(24-5-2-1-3-6-24)12-4-7-25-18(12)23-16/h4,7-10H,1-3,5-6H2,(H,20,21). The molecule has 0 amide bonds. The number of halogens is 1. The summed E-state index contributed by atoms with van der Waals surface area (Å²) in [6, 6.07) is 3.57. The van der Waals surface area contributed by atoms with Gasteiger partial charge >= 0.3 is 0 Å². The molecule has 0 aromatic carbocycles. The molecular formula is C18H16FN5S. The van der Waals surface area contributed by atoms with Crippen LogP contribution in [0.15, 0.2) is 29.9 Å². The molecule has 0 spiro atoms. The molecule has 0 bridgehead atoms. The van der Waals surface area contributed by atoms with E-state index in [1.165, 1.54) is 31.5 Å². The molecule has 1 aliphatic heterocycles. The van der Waals surface area contributed by atoms with Gasteiger partial charge in [0.25, 0.3) is 0 Å². The van der Waals surface area contributed by atoms with Crippen LogP contribution in [0, 0.1) is 5.82 Å². The van der Waals surface area contributed by atoms with E-state index in [0.717, 1.165) is 34.7 Å². The maximum absolute atomic E-state index is 13.7. The molecule has 5 heterocycles. The highest BCUT2D eigenvalue weighted by molar-refractivity contribution is 7.16. The maximum atomic E-state index is 13.7. The van der Waals surface area contributed by atoms with Gasteiger partial charge in [-0.15, -0.1) is 11.3 Å². The fourth-order valence-electron chi connectivity index (χ4n) is 3.47. The van der Waals surface area contributed by atoms with Gasteiger partial charge in [-0.3, -0.25) is 0 Å². The summed E-state index contributed by atoms with van der Waals surface area (Å²) in [6.07, 6.45) is 6.67. The maximum Gasteiger partial charge on any atom is 0.165 e. The van der Waals surface area contributed by atoms with E-state index in [1.54, 1.807) is 11.3 Å². The van der Waals surface area contributed by atoms with Crippen molar-refractivity contribution in [1.82, 2.24) is 19.9 Å². The average Bonchev–Trinajstić information content (AvgIpc) is 3.27. The minimum atomic E-state index is -0.359. The largest absolute Gasteiger partial charge is 0.356 e. The number of pyridine rings is 1. The summed E-state index contributed by atoms with van der Waals surface area (Å²) in [7, 11) is 0. The third-order valence-corrected chi connectivity index (χ3v) is 5.51. The SMILES string of the molecule is Fc1cnc2[nH]cc(-c3nc(N4CCCCC4)c4ccsc4n3)c2c1. The van der Waals surface area contributed by atoms with Crippen molar-refractivity contribution < 1.29 is 4.39 Å². The van der Waals surface area contributed by atoms with Gasteiger partial charge in [-0.2, -0.15) is 0 Å². The van der Waals surface area contributed by atoms with E-state index >= 15 is 0 Å². The molecule has 0 saturated carbocycles. The Morgan fingerprint density at radius 1 is 1.12 bits per heavy atom. The predicted octanol–water partition coefficient (Wildman–Crippen LogP) is 4.36. The second-order valence-electron chi connectivity index (χ2n) is 6.31. The van der Waals surface area contributed by atoms with Crippen LogP contribution in [-0.2, 0) is 0 Å². The van der Waals surface area contributed by atoms with Crippen molar-refractivity contribution in [3.05, 3.63) is 35.7 Å². The Labute approximate surface area is 147 Å². The van der Waals surface area contributed by atoms with E-state index in [4.69, 9.17) is 9.97 Å². The lowest BCUT2D eigenvalue weighted by molar-refractivity contribution is 0.575. The first kappa shape index (κ1) is 14.8. The van der Waals surface area contributed by atoms with Crippen LogP contribution >= 0.6 is 11.3 Å². The Morgan fingerprint density at radius 2 is 2.00 bits per heavy atom. The first-order chi connectivity index (χ1) is 12.3. The smallest absolute Gasteiger partial charge is 0.165 e. The first-order valence-electron chi connectivity index (χ1n) is 8.43. The summed E-state index contributed by atoms with van der Waals surface area (Å²) in [4.78, 5) is 20.1. The molecule has 1 saturated heterocycles. The molecule has 0 aliphatic carbocycles. The van der Waals surface area contributed by atoms with Crippen molar-refractivity contribution in [2.24, 2.45) is 0 Å². The van der Waals surface area contributed by atoms with Crippen molar-refractivity contribution in [1.29, 1.82) is 0 Å². The topological polar surface area (TPSA) is 57.7 Å². The Kier molecular flexibility index (Phi) is 3.41. The summed E-state index contributed by atoms with van der Waals surface area (Å²) in [6.45, 7) is 2.04. The highest BCUT2D eigenvalue weighted by atomic mass is 32.1. The lowest BCUT2D eigenvalue weighted by Gasteiger charge is -2.28. The van der Waals surface area contributed by atoms with Crippen LogP contribution in [0.3, 0.4) is 0 Å². The van der Waals surface area contributed by atoms with E-state index in [2.05, 4.69) is 20.9 Å². The lowest BCUT2D eigenvalue weighted by atomic mass is 10.1. The molecule has 5 rings (SSSR count). The van der Waals surface area contributed by atoms with Gasteiger partial charge < -0.3 is 9.88 Å². The van der Waals surface area contributed by atoms with Crippen molar-refractivity contribution in [3.8, 4) is 11.4 Å². The fraction of sp³-hybridized carbons (Fsp3) is 0.278. The van der Waals surface area contributed by atoms with Crippen LogP contribution in [0.2, 0.25) is 0 Å². The quantitative estimate of drug-likeness (QED) is 0.581. The van der Waals surface area contributed by atoms with Gasteiger partial charge in [-0.25, -0.2) is 19.3 Å². The number of aromatic nitrogens is 4. The molecule has 1 aliphatic rings. The minimum Gasteiger partial charge on any atom is -0.356 e. The summed E-state index contributed by atoms with van der Waals surface area (Å²) >= 11 is 1.61. The number of H-pyrrole nitrogens is 1. The van der Waals surface area contributed by atoms with Gasteiger partial charge in [-0.1, -0.05) is 0 Å². The fourth-order valence-corrected chi connectivity index (χ4v) is 4.23. The minimum absolute atomic E-state index is 0.359. The zero-order valence-electron chi connectivity index (χ0n) is 13.5. The Morgan fingerprint density at radius 3 is 2.88 bits per heavy atom. The second-order valence-corrected chi connectivity index (χ2v) is 7.20. The van der Waals surface area contributed by atoms with Crippen LogP contribution in [-0.4, -0.2) is 33.0 Å². The number of anilines is 1. The summed E-state index contributed by atoms with van der Waals surface area (Å²) in [5.74, 6) is 1.25. The third-order valence-electron chi connectivity index (χ3n) is 4.70. The van der Waals surface area contributed by atoms with E-state index in [-0.39, 0.29) is 5.82 Å². The number of nitrogens with one attached hydrogen (secondary N) is 1. The number of nitrogens with zero attached hydrogens (tertiary/aromatic N) is 4. The van der Waals surface area contributed by atoms with Crippen molar-refractivity contribution >= 4 is 38.4 Å². The molecular weight excluding hydrogens is 337 g/mol. The second kappa shape index (κ2) is 5.77. The molecule has 1 N–H and O–H groups in total. The van der Waals surface area contributed by atoms with Gasteiger partial charge in [0.2, 0.25) is 0 Å². The van der Waals surface area contributed by atoms with Crippen molar-refractivity contribution in [3.63, 3.8) is 0 Å². The molecule has 0 unspecified atom stereocenters. The highest BCUT2D eigenvalue weighted by Gasteiger charge is 2.19. The van der Waals surface area contributed by atoms with Crippen LogP contribution in [0.4, 0.5) is 10.2 Å². The third kappa shape index (κ3) is 2.46. The predicted molar refractivity (Wildman–Crippen MR) is 98.5 cm³/mol. The molecule has 126 valence electrons. The van der Waals surface area contributed by atoms with E-state index in [9.17, 15) is 4.39 Å². The van der Waals surface area contributed by atoms with Crippen molar-refractivity contribution in [2.45, 2.75) is 19.3 Å². The Bertz CT molecular complexity index is 1060. The van der Waals surface area contributed by atoms with E-state index in [1.807, 2.05) is 11.6 Å². The van der Waals surface area contributed by atoms with Crippen molar-refractivity contribution in [2.75, 3.05) is 18.0 Å². The molecule has 4 aromatic rings. The number of rotatable bonds is 2. The molecule has 5 nitrogen and oxygen atoms in total. The number of hydrogen-bond acceptors (Lipinski definition) is 5. The van der Waals surface area contributed by atoms with Crippen LogP contribution in [0.25, 0.3) is 32.6 Å². The zero-order chi connectivity index (χ0) is 16.8.